The number of hydrogen-bond acceptors (Lipinski definition) is 5. The van der Waals surface area contributed by atoms with Gasteiger partial charge in [-0.1, -0.05) is 41.9 Å². The average molecular weight is 563 g/mol. The van der Waals surface area contributed by atoms with E-state index in [0.29, 0.717) is 32.1 Å². The molecule has 0 bridgehead atoms. The van der Waals surface area contributed by atoms with Crippen molar-refractivity contribution < 1.29 is 23.5 Å². The number of benzene rings is 3. The molecule has 0 saturated carbocycles. The van der Waals surface area contributed by atoms with E-state index < -0.39 is 5.91 Å². The van der Waals surface area contributed by atoms with E-state index in [2.05, 4.69) is 15.9 Å². The van der Waals surface area contributed by atoms with Crippen molar-refractivity contribution in [1.29, 1.82) is 0 Å². The predicted molar refractivity (Wildman–Crippen MR) is 134 cm³/mol. The van der Waals surface area contributed by atoms with Gasteiger partial charge in [0.05, 0.1) is 23.0 Å². The SMILES string of the molecule is COc1cc(/C=C2\SC(=O)N(Cc3ccc(F)cc3)C2=O)cc(Br)c1OCc1ccccc1Cl. The smallest absolute Gasteiger partial charge is 0.293 e. The standard InChI is InChI=1S/C25H18BrClFNO4S/c1-32-21-11-16(10-19(26)23(21)33-14-17-4-2-3-5-20(17)27)12-22-24(30)29(25(31)34-22)13-15-6-8-18(28)9-7-15/h2-12H,13-14H2,1H3/b22-12-. The van der Waals surface area contributed by atoms with Crippen LogP contribution in [0.25, 0.3) is 6.08 Å². The van der Waals surface area contributed by atoms with Gasteiger partial charge in [0.15, 0.2) is 11.5 Å². The molecule has 1 saturated heterocycles. The number of halogens is 3. The van der Waals surface area contributed by atoms with E-state index in [1.165, 1.54) is 19.2 Å². The van der Waals surface area contributed by atoms with Crippen LogP contribution in [-0.4, -0.2) is 23.2 Å². The first-order chi connectivity index (χ1) is 16.4. The van der Waals surface area contributed by atoms with Crippen molar-refractivity contribution >= 4 is 56.5 Å². The second kappa shape index (κ2) is 10.6. The van der Waals surface area contributed by atoms with Crippen LogP contribution >= 0.6 is 39.3 Å². The van der Waals surface area contributed by atoms with Gasteiger partial charge in [-0.2, -0.15) is 0 Å². The molecule has 3 aromatic carbocycles. The topological polar surface area (TPSA) is 55.8 Å². The lowest BCUT2D eigenvalue weighted by molar-refractivity contribution is -0.123. The molecule has 0 aromatic heterocycles. The van der Waals surface area contributed by atoms with Crippen LogP contribution in [0.15, 0.2) is 70.0 Å². The predicted octanol–water partition coefficient (Wildman–Crippen LogP) is 7.07. The summed E-state index contributed by atoms with van der Waals surface area (Å²) >= 11 is 10.6. The Morgan fingerprint density at radius 2 is 1.85 bits per heavy atom. The number of carbonyl (C=O) groups excluding carboxylic acids is 2. The van der Waals surface area contributed by atoms with E-state index in [1.54, 1.807) is 36.4 Å². The summed E-state index contributed by atoms with van der Waals surface area (Å²) in [6.07, 6.45) is 1.63. The highest BCUT2D eigenvalue weighted by molar-refractivity contribution is 9.10. The molecule has 9 heteroatoms. The Hall–Kier alpha value is -2.81. The summed E-state index contributed by atoms with van der Waals surface area (Å²) in [7, 11) is 1.52. The Morgan fingerprint density at radius 3 is 2.56 bits per heavy atom. The summed E-state index contributed by atoms with van der Waals surface area (Å²) < 4.78 is 25.2. The van der Waals surface area contributed by atoms with Gasteiger partial charge in [0.2, 0.25) is 0 Å². The highest BCUT2D eigenvalue weighted by atomic mass is 79.9. The molecule has 1 heterocycles. The number of methoxy groups -OCH3 is 1. The fourth-order valence-electron chi connectivity index (χ4n) is 3.29. The van der Waals surface area contributed by atoms with Crippen LogP contribution < -0.4 is 9.47 Å². The minimum Gasteiger partial charge on any atom is -0.493 e. The molecule has 1 aliphatic rings. The Kier molecular flexibility index (Phi) is 7.60. The summed E-state index contributed by atoms with van der Waals surface area (Å²) in [4.78, 5) is 26.7. The zero-order valence-electron chi connectivity index (χ0n) is 17.9. The summed E-state index contributed by atoms with van der Waals surface area (Å²) in [5.41, 5.74) is 2.15. The first kappa shape index (κ1) is 24.3. The maximum absolute atomic E-state index is 13.1. The lowest BCUT2D eigenvalue weighted by Gasteiger charge is -2.14. The van der Waals surface area contributed by atoms with Crippen molar-refractivity contribution in [3.05, 3.63) is 97.6 Å². The molecule has 0 unspecified atom stereocenters. The Labute approximate surface area is 213 Å². The zero-order chi connectivity index (χ0) is 24.2. The van der Waals surface area contributed by atoms with Crippen molar-refractivity contribution in [3.63, 3.8) is 0 Å². The lowest BCUT2D eigenvalue weighted by Crippen LogP contribution is -2.27. The highest BCUT2D eigenvalue weighted by Gasteiger charge is 2.35. The summed E-state index contributed by atoms with van der Waals surface area (Å²) in [6, 6.07) is 16.6. The van der Waals surface area contributed by atoms with Gasteiger partial charge in [-0.25, -0.2) is 4.39 Å². The molecular weight excluding hydrogens is 545 g/mol. The normalized spacial score (nSPS) is 14.7. The molecule has 174 valence electrons. The fraction of sp³-hybridized carbons (Fsp3) is 0.120. The molecule has 3 aromatic rings. The van der Waals surface area contributed by atoms with Crippen LogP contribution in [-0.2, 0) is 17.9 Å². The van der Waals surface area contributed by atoms with Gasteiger partial charge in [-0.05, 0) is 75.2 Å². The van der Waals surface area contributed by atoms with E-state index in [0.717, 1.165) is 22.2 Å². The Morgan fingerprint density at radius 1 is 1.12 bits per heavy atom. The van der Waals surface area contributed by atoms with Gasteiger partial charge in [-0.3, -0.25) is 14.5 Å². The van der Waals surface area contributed by atoms with Crippen molar-refractivity contribution in [1.82, 2.24) is 4.90 Å². The number of ether oxygens (including phenoxy) is 2. The van der Waals surface area contributed by atoms with E-state index in [9.17, 15) is 14.0 Å². The van der Waals surface area contributed by atoms with E-state index in [1.807, 2.05) is 18.2 Å². The number of amides is 2. The molecule has 1 aliphatic heterocycles. The molecule has 0 N–H and O–H groups in total. The van der Waals surface area contributed by atoms with Crippen LogP contribution in [0.3, 0.4) is 0 Å². The number of thioether (sulfide) groups is 1. The summed E-state index contributed by atoms with van der Waals surface area (Å²) in [5.74, 6) is 0.160. The van der Waals surface area contributed by atoms with Crippen LogP contribution in [0.2, 0.25) is 5.02 Å². The van der Waals surface area contributed by atoms with Crippen molar-refractivity contribution in [2.45, 2.75) is 13.2 Å². The number of carbonyl (C=O) groups is 2. The van der Waals surface area contributed by atoms with Crippen LogP contribution in [0.5, 0.6) is 11.5 Å². The second-order valence-corrected chi connectivity index (χ2v) is 9.56. The number of imide groups is 1. The summed E-state index contributed by atoms with van der Waals surface area (Å²) in [5, 5.41) is 0.219. The van der Waals surface area contributed by atoms with Crippen molar-refractivity contribution in [2.75, 3.05) is 7.11 Å². The first-order valence-electron chi connectivity index (χ1n) is 10.1. The van der Waals surface area contributed by atoms with Gasteiger partial charge >= 0.3 is 0 Å². The maximum Gasteiger partial charge on any atom is 0.293 e. The number of hydrogen-bond donors (Lipinski definition) is 0. The maximum atomic E-state index is 13.1. The molecule has 5 nitrogen and oxygen atoms in total. The quantitative estimate of drug-likeness (QED) is 0.288. The fourth-order valence-corrected chi connectivity index (χ4v) is 4.89. The molecular formula is C25H18BrClFNO4S. The first-order valence-corrected chi connectivity index (χ1v) is 12.1. The number of nitrogens with zero attached hydrogens (tertiary/aromatic N) is 1. The molecule has 1 fully saturated rings. The average Bonchev–Trinajstić information content (AvgIpc) is 3.07. The van der Waals surface area contributed by atoms with Gasteiger partial charge in [0, 0.05) is 10.6 Å². The molecule has 0 radical (unpaired) electrons. The largest absolute Gasteiger partial charge is 0.493 e. The third kappa shape index (κ3) is 5.46. The van der Waals surface area contributed by atoms with E-state index in [4.69, 9.17) is 21.1 Å². The molecule has 0 spiro atoms. The Balaban J connectivity index is 1.53. The third-order valence-electron chi connectivity index (χ3n) is 5.01. The van der Waals surface area contributed by atoms with Crippen LogP contribution in [0, 0.1) is 5.82 Å². The number of rotatable bonds is 7. The second-order valence-electron chi connectivity index (χ2n) is 7.31. The molecule has 2 amide bonds. The van der Waals surface area contributed by atoms with Crippen molar-refractivity contribution in [2.24, 2.45) is 0 Å². The zero-order valence-corrected chi connectivity index (χ0v) is 21.0. The monoisotopic (exact) mass is 561 g/mol. The van der Waals surface area contributed by atoms with Gasteiger partial charge in [0.25, 0.3) is 11.1 Å². The van der Waals surface area contributed by atoms with Crippen LogP contribution in [0.1, 0.15) is 16.7 Å². The minimum atomic E-state index is -0.409. The van der Waals surface area contributed by atoms with E-state index in [-0.39, 0.29) is 29.1 Å². The van der Waals surface area contributed by atoms with Crippen LogP contribution in [0.4, 0.5) is 9.18 Å². The lowest BCUT2D eigenvalue weighted by atomic mass is 10.1. The molecule has 4 rings (SSSR count). The molecule has 34 heavy (non-hydrogen) atoms. The van der Waals surface area contributed by atoms with E-state index >= 15 is 0 Å². The van der Waals surface area contributed by atoms with Gasteiger partial charge in [0.1, 0.15) is 12.4 Å². The molecule has 0 atom stereocenters. The van der Waals surface area contributed by atoms with Crippen molar-refractivity contribution in [3.8, 4) is 11.5 Å². The third-order valence-corrected chi connectivity index (χ3v) is 6.87. The van der Waals surface area contributed by atoms with Gasteiger partial charge < -0.3 is 9.47 Å². The molecule has 0 aliphatic carbocycles. The highest BCUT2D eigenvalue weighted by Crippen LogP contribution is 2.40. The van der Waals surface area contributed by atoms with Gasteiger partial charge in [-0.15, -0.1) is 0 Å². The minimum absolute atomic E-state index is 0.0735. The Bertz CT molecular complexity index is 1280. The summed E-state index contributed by atoms with van der Waals surface area (Å²) in [6.45, 7) is 0.320.